The maximum atomic E-state index is 8.46. The van der Waals surface area contributed by atoms with Crippen molar-refractivity contribution >= 4 is 58.7 Å². The molecule has 6 rings (SSSR count). The van der Waals surface area contributed by atoms with Gasteiger partial charge in [0.2, 0.25) is 0 Å². The standard InChI is InChI=1S/C31H27NS/c1-18-17-19-11-5-6-12-20(19)25(28(18)31(2,3)4)26-21-13-7-8-14-22(21)30-27(29(26)32)23-15-9-10-16-24(23)33-30/h5-17H,32H2,1-4H3/i1D3. The lowest BCUT2D eigenvalue weighted by atomic mass is 9.76. The Bertz CT molecular complexity index is 1820. The normalized spacial score (nSPS) is 14.1. The first-order valence-electron chi connectivity index (χ1n) is 12.8. The van der Waals surface area contributed by atoms with Crippen molar-refractivity contribution in [2.75, 3.05) is 5.73 Å². The largest absolute Gasteiger partial charge is 0.398 e. The molecule has 2 N–H and O–H groups in total. The highest BCUT2D eigenvalue weighted by atomic mass is 32.1. The van der Waals surface area contributed by atoms with Gasteiger partial charge in [0.05, 0.1) is 0 Å². The zero-order valence-corrected chi connectivity index (χ0v) is 19.8. The van der Waals surface area contributed by atoms with Crippen molar-refractivity contribution in [3.8, 4) is 11.1 Å². The second kappa shape index (κ2) is 7.07. The Morgan fingerprint density at radius 1 is 0.758 bits per heavy atom. The first-order chi connectivity index (χ1) is 17.1. The van der Waals surface area contributed by atoms with Gasteiger partial charge >= 0.3 is 0 Å². The number of aryl methyl sites for hydroxylation is 1. The second-order valence-corrected chi connectivity index (χ2v) is 10.8. The van der Waals surface area contributed by atoms with Crippen LogP contribution in [0.3, 0.4) is 0 Å². The van der Waals surface area contributed by atoms with E-state index < -0.39 is 12.3 Å². The number of nitrogens with two attached hydrogens (primary N) is 1. The van der Waals surface area contributed by atoms with Gasteiger partial charge in [-0.2, -0.15) is 0 Å². The predicted octanol–water partition coefficient (Wildman–Crippen LogP) is 9.22. The summed E-state index contributed by atoms with van der Waals surface area (Å²) in [6, 6.07) is 26.7. The van der Waals surface area contributed by atoms with Gasteiger partial charge < -0.3 is 5.73 Å². The fourth-order valence-corrected chi connectivity index (χ4v) is 6.58. The summed E-state index contributed by atoms with van der Waals surface area (Å²) in [6.07, 6.45) is 0. The summed E-state index contributed by atoms with van der Waals surface area (Å²) in [5, 5.41) is 6.30. The van der Waals surface area contributed by atoms with Gasteiger partial charge in [-0.05, 0) is 51.2 Å². The number of benzene rings is 5. The van der Waals surface area contributed by atoms with Crippen LogP contribution in [0.1, 0.15) is 36.0 Å². The molecule has 0 spiro atoms. The molecular weight excluding hydrogens is 418 g/mol. The molecule has 1 nitrogen and oxygen atoms in total. The topological polar surface area (TPSA) is 26.0 Å². The minimum atomic E-state index is -2.26. The van der Waals surface area contributed by atoms with Crippen molar-refractivity contribution in [1.29, 1.82) is 0 Å². The van der Waals surface area contributed by atoms with Gasteiger partial charge in [0.1, 0.15) is 0 Å². The van der Waals surface area contributed by atoms with Crippen molar-refractivity contribution in [1.82, 2.24) is 0 Å². The SMILES string of the molecule is [2H]C([2H])([2H])c1cc2ccccc2c(-c2c(N)c3c4ccccc4sc3c3ccccc23)c1C(C)(C)C. The Kier molecular flexibility index (Phi) is 3.68. The third kappa shape index (κ3) is 2.91. The highest BCUT2D eigenvalue weighted by Gasteiger charge is 2.27. The summed E-state index contributed by atoms with van der Waals surface area (Å²) in [4.78, 5) is 0. The van der Waals surface area contributed by atoms with Gasteiger partial charge in [-0.1, -0.05) is 93.6 Å². The lowest BCUT2D eigenvalue weighted by molar-refractivity contribution is 0.589. The summed E-state index contributed by atoms with van der Waals surface area (Å²) < 4.78 is 27.7. The molecule has 0 saturated heterocycles. The fourth-order valence-electron chi connectivity index (χ4n) is 5.33. The number of hydrogen-bond acceptors (Lipinski definition) is 2. The number of hydrogen-bond donors (Lipinski definition) is 1. The van der Waals surface area contributed by atoms with Crippen LogP contribution in [0, 0.1) is 6.85 Å². The molecule has 1 heterocycles. The Balaban J connectivity index is 1.94. The van der Waals surface area contributed by atoms with E-state index in [0.717, 1.165) is 49.0 Å². The van der Waals surface area contributed by atoms with Crippen LogP contribution in [-0.2, 0) is 5.41 Å². The summed E-state index contributed by atoms with van der Waals surface area (Å²) in [5.74, 6) is 0. The van der Waals surface area contributed by atoms with Gasteiger partial charge in [-0.3, -0.25) is 0 Å². The van der Waals surface area contributed by atoms with E-state index in [1.807, 2.05) is 36.4 Å². The second-order valence-electron chi connectivity index (χ2n) is 9.78. The third-order valence-electron chi connectivity index (χ3n) is 6.62. The van der Waals surface area contributed by atoms with E-state index in [4.69, 9.17) is 9.85 Å². The zero-order chi connectivity index (χ0) is 25.4. The molecule has 33 heavy (non-hydrogen) atoms. The lowest BCUT2D eigenvalue weighted by Gasteiger charge is -2.28. The number of anilines is 1. The first kappa shape index (κ1) is 17.2. The molecule has 1 aromatic heterocycles. The van der Waals surface area contributed by atoms with Gasteiger partial charge in [0.15, 0.2) is 0 Å². The van der Waals surface area contributed by atoms with Crippen LogP contribution in [0.2, 0.25) is 0 Å². The summed E-state index contributed by atoms with van der Waals surface area (Å²) in [7, 11) is 0. The summed E-state index contributed by atoms with van der Waals surface area (Å²) in [6.45, 7) is 4.01. The van der Waals surface area contributed by atoms with Crippen molar-refractivity contribution in [2.45, 2.75) is 33.0 Å². The van der Waals surface area contributed by atoms with Crippen molar-refractivity contribution in [3.63, 3.8) is 0 Å². The van der Waals surface area contributed by atoms with E-state index in [-0.39, 0.29) is 0 Å². The molecule has 5 aromatic carbocycles. The zero-order valence-electron chi connectivity index (χ0n) is 22.0. The average Bonchev–Trinajstić information content (AvgIpc) is 3.23. The molecule has 6 aromatic rings. The number of rotatable bonds is 1. The molecule has 0 amide bonds. The third-order valence-corrected chi connectivity index (χ3v) is 7.83. The van der Waals surface area contributed by atoms with E-state index in [9.17, 15) is 0 Å². The minimum absolute atomic E-state index is 0.391. The highest BCUT2D eigenvalue weighted by molar-refractivity contribution is 7.26. The molecule has 2 heteroatoms. The van der Waals surface area contributed by atoms with Gasteiger partial charge in [-0.15, -0.1) is 11.3 Å². The predicted molar refractivity (Wildman–Crippen MR) is 148 cm³/mol. The molecule has 162 valence electrons. The number of thiophene rings is 1. The molecule has 0 unspecified atom stereocenters. The van der Waals surface area contributed by atoms with Crippen LogP contribution in [0.5, 0.6) is 0 Å². The van der Waals surface area contributed by atoms with Gasteiger partial charge in [0, 0.05) is 40.9 Å². The van der Waals surface area contributed by atoms with Crippen LogP contribution in [-0.4, -0.2) is 0 Å². The van der Waals surface area contributed by atoms with Crippen LogP contribution in [0.4, 0.5) is 5.69 Å². The molecule has 0 atom stereocenters. The monoisotopic (exact) mass is 448 g/mol. The number of nitrogen functional groups attached to an aromatic ring is 1. The molecule has 0 aliphatic carbocycles. The van der Waals surface area contributed by atoms with E-state index >= 15 is 0 Å². The van der Waals surface area contributed by atoms with Crippen LogP contribution < -0.4 is 5.73 Å². The van der Waals surface area contributed by atoms with Crippen molar-refractivity contribution < 1.29 is 4.11 Å². The Morgan fingerprint density at radius 2 is 1.39 bits per heavy atom. The van der Waals surface area contributed by atoms with E-state index in [0.29, 0.717) is 11.3 Å². The Hall–Kier alpha value is -3.36. The molecule has 0 fully saturated rings. The first-order valence-corrected chi connectivity index (χ1v) is 12.1. The van der Waals surface area contributed by atoms with Gasteiger partial charge in [-0.25, -0.2) is 0 Å². The maximum Gasteiger partial charge on any atom is 0.0495 e. The fraction of sp³-hybridized carbons (Fsp3) is 0.161. The van der Waals surface area contributed by atoms with E-state index in [1.54, 1.807) is 11.3 Å². The average molecular weight is 449 g/mol. The summed E-state index contributed by atoms with van der Waals surface area (Å²) in [5.41, 5.74) is 10.5. The smallest absolute Gasteiger partial charge is 0.0495 e. The van der Waals surface area contributed by atoms with Gasteiger partial charge in [0.25, 0.3) is 0 Å². The molecule has 0 saturated carbocycles. The maximum absolute atomic E-state index is 8.46. The molecule has 0 aliphatic heterocycles. The van der Waals surface area contributed by atoms with Crippen LogP contribution >= 0.6 is 11.3 Å². The summed E-state index contributed by atoms with van der Waals surface area (Å²) >= 11 is 1.76. The lowest BCUT2D eigenvalue weighted by Crippen LogP contribution is -2.15. The molecule has 0 aliphatic rings. The van der Waals surface area contributed by atoms with Crippen molar-refractivity contribution in [3.05, 3.63) is 90.0 Å². The minimum Gasteiger partial charge on any atom is -0.398 e. The van der Waals surface area contributed by atoms with E-state index in [1.165, 1.54) is 9.40 Å². The quantitative estimate of drug-likeness (QED) is 0.249. The molecule has 0 bridgehead atoms. The Morgan fingerprint density at radius 3 is 2.12 bits per heavy atom. The van der Waals surface area contributed by atoms with E-state index in [2.05, 4.69) is 63.2 Å². The highest BCUT2D eigenvalue weighted by Crippen LogP contribution is 2.51. The van der Waals surface area contributed by atoms with Crippen LogP contribution in [0.15, 0.2) is 78.9 Å². The Labute approximate surface area is 202 Å². The van der Waals surface area contributed by atoms with Crippen molar-refractivity contribution in [2.24, 2.45) is 0 Å². The van der Waals surface area contributed by atoms with Crippen LogP contribution in [0.25, 0.3) is 52.8 Å². The number of fused-ring (bicyclic) bond motifs is 6. The molecule has 0 radical (unpaired) electrons. The molecular formula is C31H27NS.